The van der Waals surface area contributed by atoms with Crippen LogP contribution in [-0.2, 0) is 21.1 Å². The van der Waals surface area contributed by atoms with Crippen molar-refractivity contribution in [3.8, 4) is 11.3 Å². The topological polar surface area (TPSA) is 93.2 Å². The molecule has 0 aliphatic carbocycles. The normalized spacial score (nSPS) is 11.3. The maximum Gasteiger partial charge on any atom is 0.230 e. The molecule has 0 saturated carbocycles. The second-order valence-corrected chi connectivity index (χ2v) is 11.5. The molecule has 0 radical (unpaired) electrons. The third kappa shape index (κ3) is 5.70. The van der Waals surface area contributed by atoms with E-state index < -0.39 is 27.3 Å². The van der Waals surface area contributed by atoms with E-state index in [2.05, 4.69) is 10.3 Å². The number of sulfone groups is 1. The number of anilines is 1. The first kappa shape index (κ1) is 25.7. The van der Waals surface area contributed by atoms with Crippen molar-refractivity contribution in [2.45, 2.75) is 18.2 Å². The molecule has 0 spiro atoms. The van der Waals surface area contributed by atoms with Crippen LogP contribution in [0.1, 0.15) is 27.7 Å². The molecule has 0 unspecified atom stereocenters. The van der Waals surface area contributed by atoms with Crippen LogP contribution >= 0.6 is 22.9 Å². The summed E-state index contributed by atoms with van der Waals surface area (Å²) >= 11 is 6.93. The molecular weight excluding hydrogens is 523 g/mol. The molecule has 0 fully saturated rings. The van der Waals surface area contributed by atoms with Crippen molar-refractivity contribution >= 4 is 49.6 Å². The number of hydrogen-bond donors (Lipinski definition) is 1. The summed E-state index contributed by atoms with van der Waals surface area (Å²) in [4.78, 5) is 30.7. The zero-order valence-corrected chi connectivity index (χ0v) is 21.4. The highest BCUT2D eigenvalue weighted by molar-refractivity contribution is 7.91. The van der Waals surface area contributed by atoms with Crippen molar-refractivity contribution in [1.82, 2.24) is 4.98 Å². The van der Waals surface area contributed by atoms with Crippen LogP contribution in [0.3, 0.4) is 0 Å². The molecule has 1 amide bonds. The van der Waals surface area contributed by atoms with Crippen LogP contribution in [-0.4, -0.2) is 30.8 Å². The van der Waals surface area contributed by atoms with Gasteiger partial charge in [-0.05, 0) is 42.0 Å². The highest BCUT2D eigenvalue weighted by atomic mass is 35.5. The van der Waals surface area contributed by atoms with E-state index in [0.29, 0.717) is 21.8 Å². The van der Waals surface area contributed by atoms with Gasteiger partial charge in [0.2, 0.25) is 11.7 Å². The molecule has 1 aromatic heterocycles. The summed E-state index contributed by atoms with van der Waals surface area (Å²) in [5.41, 5.74) is 1.40. The summed E-state index contributed by atoms with van der Waals surface area (Å²) in [6.07, 6.45) is -0.0289. The first-order chi connectivity index (χ1) is 17.2. The van der Waals surface area contributed by atoms with E-state index in [9.17, 15) is 22.4 Å². The quantitative estimate of drug-likeness (QED) is 0.284. The second kappa shape index (κ2) is 10.7. The van der Waals surface area contributed by atoms with Crippen LogP contribution in [0, 0.1) is 5.82 Å². The summed E-state index contributed by atoms with van der Waals surface area (Å²) in [5, 5.41) is 3.37. The molecule has 4 rings (SSSR count). The first-order valence-corrected chi connectivity index (χ1v) is 13.7. The number of ketones is 1. The number of benzene rings is 3. The molecule has 0 atom stereocenters. The molecule has 4 aromatic rings. The lowest BCUT2D eigenvalue weighted by Gasteiger charge is -2.04. The number of aromatic nitrogens is 1. The molecule has 0 aliphatic rings. The molecule has 3 aromatic carbocycles. The standard InChI is InChI=1S/C26H20ClFN2O4S2/c1-2-36(33,34)19-13-7-16(8-14-19)15-22(31)29-26-30-23(17-9-11-18(27)12-10-17)25(35-26)24(32)20-5-3-4-6-21(20)28/h3-14H,2,15H2,1H3,(H,29,30,31). The molecule has 0 bridgehead atoms. The van der Waals surface area contributed by atoms with Crippen molar-refractivity contribution in [3.05, 3.63) is 99.6 Å². The minimum Gasteiger partial charge on any atom is -0.302 e. The molecular formula is C26H20ClFN2O4S2. The van der Waals surface area contributed by atoms with E-state index in [0.717, 1.165) is 11.3 Å². The van der Waals surface area contributed by atoms with Crippen molar-refractivity contribution in [2.75, 3.05) is 11.1 Å². The van der Waals surface area contributed by atoms with Crippen molar-refractivity contribution in [2.24, 2.45) is 0 Å². The Morgan fingerprint density at radius 2 is 1.67 bits per heavy atom. The van der Waals surface area contributed by atoms with Gasteiger partial charge < -0.3 is 5.32 Å². The highest BCUT2D eigenvalue weighted by Crippen LogP contribution is 2.34. The Morgan fingerprint density at radius 3 is 2.31 bits per heavy atom. The fourth-order valence-electron chi connectivity index (χ4n) is 3.43. The van der Waals surface area contributed by atoms with Gasteiger partial charge in [0.05, 0.1) is 28.3 Å². The van der Waals surface area contributed by atoms with Gasteiger partial charge in [0.1, 0.15) is 10.7 Å². The smallest absolute Gasteiger partial charge is 0.230 e. The lowest BCUT2D eigenvalue weighted by atomic mass is 10.0. The van der Waals surface area contributed by atoms with Crippen molar-refractivity contribution < 1.29 is 22.4 Å². The predicted octanol–water partition coefficient (Wildman–Crippen LogP) is 5.81. The van der Waals surface area contributed by atoms with Crippen LogP contribution in [0.2, 0.25) is 5.02 Å². The summed E-state index contributed by atoms with van der Waals surface area (Å²) < 4.78 is 38.3. The van der Waals surface area contributed by atoms with E-state index in [4.69, 9.17) is 11.6 Å². The maximum atomic E-state index is 14.3. The van der Waals surface area contributed by atoms with Gasteiger partial charge in [-0.3, -0.25) is 9.59 Å². The third-order valence-electron chi connectivity index (χ3n) is 5.34. The van der Waals surface area contributed by atoms with Gasteiger partial charge in [0.15, 0.2) is 15.0 Å². The first-order valence-electron chi connectivity index (χ1n) is 10.9. The number of hydrogen-bond acceptors (Lipinski definition) is 6. The molecule has 1 N–H and O–H groups in total. The van der Waals surface area contributed by atoms with Gasteiger partial charge in [-0.1, -0.05) is 66.3 Å². The summed E-state index contributed by atoms with van der Waals surface area (Å²) in [7, 11) is -3.33. The molecule has 184 valence electrons. The highest BCUT2D eigenvalue weighted by Gasteiger charge is 2.24. The van der Waals surface area contributed by atoms with Gasteiger partial charge in [0, 0.05) is 10.6 Å². The maximum absolute atomic E-state index is 14.3. The number of rotatable bonds is 8. The number of amides is 1. The van der Waals surface area contributed by atoms with E-state index in [1.54, 1.807) is 49.4 Å². The molecule has 6 nitrogen and oxygen atoms in total. The van der Waals surface area contributed by atoms with Crippen LogP contribution in [0.4, 0.5) is 9.52 Å². The van der Waals surface area contributed by atoms with Crippen LogP contribution in [0.15, 0.2) is 77.7 Å². The summed E-state index contributed by atoms with van der Waals surface area (Å²) in [5.74, 6) is -1.62. The van der Waals surface area contributed by atoms with E-state index >= 15 is 0 Å². The summed E-state index contributed by atoms with van der Waals surface area (Å²) in [6.45, 7) is 1.56. The van der Waals surface area contributed by atoms with Gasteiger partial charge in [-0.25, -0.2) is 17.8 Å². The van der Waals surface area contributed by atoms with Crippen molar-refractivity contribution in [1.29, 1.82) is 0 Å². The average Bonchev–Trinajstić information content (AvgIpc) is 3.28. The minimum absolute atomic E-state index is 0.0131. The molecule has 36 heavy (non-hydrogen) atoms. The van der Waals surface area contributed by atoms with Crippen LogP contribution in [0.5, 0.6) is 0 Å². The lowest BCUT2D eigenvalue weighted by Crippen LogP contribution is -2.14. The van der Waals surface area contributed by atoms with Gasteiger partial charge in [0.25, 0.3) is 0 Å². The Morgan fingerprint density at radius 1 is 1.00 bits per heavy atom. The largest absolute Gasteiger partial charge is 0.302 e. The SMILES string of the molecule is CCS(=O)(=O)c1ccc(CC(=O)Nc2nc(-c3ccc(Cl)cc3)c(C(=O)c3ccccc3F)s2)cc1. The van der Waals surface area contributed by atoms with Gasteiger partial charge in [-0.2, -0.15) is 0 Å². The van der Waals surface area contributed by atoms with Crippen LogP contribution in [0.25, 0.3) is 11.3 Å². The van der Waals surface area contributed by atoms with E-state index in [1.165, 1.54) is 30.3 Å². The number of halogens is 2. The fraction of sp³-hybridized carbons (Fsp3) is 0.115. The van der Waals surface area contributed by atoms with E-state index in [-0.39, 0.29) is 32.6 Å². The number of nitrogens with one attached hydrogen (secondary N) is 1. The third-order valence-corrected chi connectivity index (χ3v) is 8.32. The monoisotopic (exact) mass is 542 g/mol. The number of carbonyl (C=O) groups excluding carboxylic acids is 2. The molecule has 1 heterocycles. The second-order valence-electron chi connectivity index (χ2n) is 7.78. The Bertz CT molecular complexity index is 1530. The average molecular weight is 543 g/mol. The van der Waals surface area contributed by atoms with Crippen LogP contribution < -0.4 is 5.32 Å². The number of carbonyl (C=O) groups is 2. The fourth-order valence-corrected chi connectivity index (χ4v) is 5.40. The van der Waals surface area contributed by atoms with E-state index in [1.807, 2.05) is 0 Å². The van der Waals surface area contributed by atoms with Crippen molar-refractivity contribution in [3.63, 3.8) is 0 Å². The Labute approximate surface area is 216 Å². The molecule has 0 saturated heterocycles. The Kier molecular flexibility index (Phi) is 7.63. The number of nitrogens with zero attached hydrogens (tertiary/aromatic N) is 1. The lowest BCUT2D eigenvalue weighted by molar-refractivity contribution is -0.115. The zero-order valence-electron chi connectivity index (χ0n) is 19.0. The summed E-state index contributed by atoms with van der Waals surface area (Å²) in [6, 6.07) is 18.4. The molecule has 10 heteroatoms. The Hall–Kier alpha value is -3.40. The predicted molar refractivity (Wildman–Crippen MR) is 139 cm³/mol. The zero-order chi connectivity index (χ0) is 25.9. The molecule has 0 aliphatic heterocycles. The minimum atomic E-state index is -3.33. The number of thiazole rings is 1. The van der Waals surface area contributed by atoms with Gasteiger partial charge >= 0.3 is 0 Å². The van der Waals surface area contributed by atoms with Gasteiger partial charge in [-0.15, -0.1) is 0 Å². The Balaban J connectivity index is 1.60.